The first-order valence-corrected chi connectivity index (χ1v) is 8.29. The molecule has 0 spiro atoms. The summed E-state index contributed by atoms with van der Waals surface area (Å²) in [6.07, 6.45) is 4.07. The van der Waals surface area contributed by atoms with Crippen molar-refractivity contribution in [3.8, 4) is 5.88 Å². The smallest absolute Gasteiger partial charge is 0.213 e. The Bertz CT molecular complexity index is 446. The summed E-state index contributed by atoms with van der Waals surface area (Å²) in [5, 5.41) is 6.57. The molecule has 0 saturated carbocycles. The Kier molecular flexibility index (Phi) is 9.79. The van der Waals surface area contributed by atoms with Crippen LogP contribution in [0.25, 0.3) is 0 Å². The van der Waals surface area contributed by atoms with Crippen molar-refractivity contribution in [1.29, 1.82) is 0 Å². The molecule has 2 N–H and O–H groups in total. The van der Waals surface area contributed by atoms with E-state index >= 15 is 0 Å². The van der Waals surface area contributed by atoms with Crippen LogP contribution in [0.15, 0.2) is 23.3 Å². The third kappa shape index (κ3) is 9.03. The summed E-state index contributed by atoms with van der Waals surface area (Å²) >= 11 is 0. The van der Waals surface area contributed by atoms with Crippen molar-refractivity contribution >= 4 is 5.96 Å². The van der Waals surface area contributed by atoms with Gasteiger partial charge in [0.25, 0.3) is 0 Å². The second-order valence-corrected chi connectivity index (χ2v) is 5.43. The van der Waals surface area contributed by atoms with Crippen LogP contribution in [-0.4, -0.2) is 43.9 Å². The predicted octanol–water partition coefficient (Wildman–Crippen LogP) is 2.35. The zero-order valence-electron chi connectivity index (χ0n) is 14.8. The Labute approximate surface area is 139 Å². The molecule has 0 atom stereocenters. The van der Waals surface area contributed by atoms with E-state index in [0.29, 0.717) is 12.4 Å². The maximum Gasteiger partial charge on any atom is 0.213 e. The molecular formula is C17H30N4O2. The molecule has 1 rings (SSSR count). The topological polar surface area (TPSA) is 67.8 Å². The first-order chi connectivity index (χ1) is 11.2. The van der Waals surface area contributed by atoms with Gasteiger partial charge in [0.05, 0.1) is 6.10 Å². The quantitative estimate of drug-likeness (QED) is 0.393. The van der Waals surface area contributed by atoms with Crippen molar-refractivity contribution in [1.82, 2.24) is 15.6 Å². The molecule has 1 heterocycles. The second-order valence-electron chi connectivity index (χ2n) is 5.43. The number of hydrogen-bond acceptors (Lipinski definition) is 4. The summed E-state index contributed by atoms with van der Waals surface area (Å²) in [5.74, 6) is 1.45. The highest BCUT2D eigenvalue weighted by Gasteiger charge is 2.01. The molecule has 0 aliphatic heterocycles. The zero-order chi connectivity index (χ0) is 16.9. The molecule has 0 aliphatic carbocycles. The lowest BCUT2D eigenvalue weighted by Gasteiger charge is -2.12. The van der Waals surface area contributed by atoms with Crippen LogP contribution < -0.4 is 15.4 Å². The number of guanidine groups is 1. The van der Waals surface area contributed by atoms with E-state index in [1.807, 2.05) is 39.1 Å². The molecular weight excluding hydrogens is 292 g/mol. The minimum absolute atomic E-state index is 0.136. The van der Waals surface area contributed by atoms with Gasteiger partial charge >= 0.3 is 0 Å². The third-order valence-electron chi connectivity index (χ3n) is 3.05. The molecule has 0 radical (unpaired) electrons. The number of aliphatic imine (C=N–C) groups is 1. The van der Waals surface area contributed by atoms with E-state index in [1.54, 1.807) is 7.05 Å². The lowest BCUT2D eigenvalue weighted by atomic mass is 10.3. The fourth-order valence-corrected chi connectivity index (χ4v) is 1.91. The first-order valence-electron chi connectivity index (χ1n) is 8.29. The number of ether oxygens (including phenoxy) is 2. The molecule has 0 bridgehead atoms. The fraction of sp³-hybridized carbons (Fsp3) is 0.647. The molecule has 6 nitrogen and oxygen atoms in total. The summed E-state index contributed by atoms with van der Waals surface area (Å²) in [4.78, 5) is 8.50. The molecule has 1 aromatic heterocycles. The summed E-state index contributed by atoms with van der Waals surface area (Å²) in [6.45, 7) is 9.15. The normalized spacial score (nSPS) is 11.6. The molecule has 0 amide bonds. The van der Waals surface area contributed by atoms with Crippen LogP contribution in [0.5, 0.6) is 5.88 Å². The van der Waals surface area contributed by atoms with Gasteiger partial charge in [-0.25, -0.2) is 4.98 Å². The molecule has 0 unspecified atom stereocenters. The highest BCUT2D eigenvalue weighted by molar-refractivity contribution is 5.79. The largest absolute Gasteiger partial charge is 0.475 e. The van der Waals surface area contributed by atoms with Gasteiger partial charge in [-0.3, -0.25) is 4.99 Å². The zero-order valence-corrected chi connectivity index (χ0v) is 14.8. The summed E-state index contributed by atoms with van der Waals surface area (Å²) in [7, 11) is 1.77. The molecule has 0 saturated heterocycles. The summed E-state index contributed by atoms with van der Waals surface area (Å²) < 4.78 is 10.8. The minimum Gasteiger partial charge on any atom is -0.475 e. The van der Waals surface area contributed by atoms with Crippen LogP contribution >= 0.6 is 0 Å². The molecule has 6 heteroatoms. The van der Waals surface area contributed by atoms with Crippen molar-refractivity contribution in [2.45, 2.75) is 46.3 Å². The van der Waals surface area contributed by atoms with Gasteiger partial charge in [0.2, 0.25) is 5.88 Å². The Morgan fingerprint density at radius 3 is 2.70 bits per heavy atom. The van der Waals surface area contributed by atoms with Crippen LogP contribution in [0.4, 0.5) is 0 Å². The molecule has 0 aliphatic rings. The van der Waals surface area contributed by atoms with E-state index < -0.39 is 0 Å². The lowest BCUT2D eigenvalue weighted by Crippen LogP contribution is -2.37. The molecule has 0 fully saturated rings. The predicted molar refractivity (Wildman–Crippen MR) is 93.9 cm³/mol. The average Bonchev–Trinajstić information content (AvgIpc) is 2.54. The number of unbranched alkanes of at least 4 members (excludes halogenated alkanes) is 1. The number of pyridine rings is 1. The molecule has 23 heavy (non-hydrogen) atoms. The van der Waals surface area contributed by atoms with Crippen LogP contribution in [0.1, 0.15) is 39.2 Å². The minimum atomic E-state index is 0.136. The van der Waals surface area contributed by atoms with Crippen LogP contribution in [0, 0.1) is 0 Å². The Hall–Kier alpha value is -1.82. The summed E-state index contributed by atoms with van der Waals surface area (Å²) in [6, 6.07) is 3.90. The van der Waals surface area contributed by atoms with Gasteiger partial charge in [-0.15, -0.1) is 0 Å². The van der Waals surface area contributed by atoms with Gasteiger partial charge in [0.15, 0.2) is 5.96 Å². The van der Waals surface area contributed by atoms with E-state index in [9.17, 15) is 0 Å². The van der Waals surface area contributed by atoms with Gasteiger partial charge < -0.3 is 20.1 Å². The highest BCUT2D eigenvalue weighted by atomic mass is 16.5. The van der Waals surface area contributed by atoms with Gasteiger partial charge in [0, 0.05) is 45.6 Å². The number of rotatable bonds is 10. The standard InChI is InChI=1S/C17H30N4O2/c1-5-22-11-7-6-10-19-17(18-4)21-13-15-8-9-16(20-12-15)23-14(2)3/h8-9,12,14H,5-7,10-11,13H2,1-4H3,(H2,18,19,21). The second kappa shape index (κ2) is 11.7. The molecule has 130 valence electrons. The molecule has 1 aromatic rings. The van der Waals surface area contributed by atoms with E-state index in [2.05, 4.69) is 20.6 Å². The Balaban J connectivity index is 2.26. The van der Waals surface area contributed by atoms with Gasteiger partial charge in [-0.1, -0.05) is 6.07 Å². The first kappa shape index (κ1) is 19.2. The van der Waals surface area contributed by atoms with Crippen molar-refractivity contribution in [3.63, 3.8) is 0 Å². The Morgan fingerprint density at radius 2 is 2.09 bits per heavy atom. The summed E-state index contributed by atoms with van der Waals surface area (Å²) in [5.41, 5.74) is 1.08. The lowest BCUT2D eigenvalue weighted by molar-refractivity contribution is 0.143. The number of aromatic nitrogens is 1. The number of nitrogens with one attached hydrogen (secondary N) is 2. The highest BCUT2D eigenvalue weighted by Crippen LogP contribution is 2.09. The third-order valence-corrected chi connectivity index (χ3v) is 3.05. The van der Waals surface area contributed by atoms with Crippen molar-refractivity contribution < 1.29 is 9.47 Å². The maximum absolute atomic E-state index is 5.53. The van der Waals surface area contributed by atoms with E-state index in [1.165, 1.54) is 0 Å². The van der Waals surface area contributed by atoms with Gasteiger partial charge in [-0.2, -0.15) is 0 Å². The Morgan fingerprint density at radius 1 is 1.26 bits per heavy atom. The van der Waals surface area contributed by atoms with E-state index in [4.69, 9.17) is 9.47 Å². The van der Waals surface area contributed by atoms with Crippen molar-refractivity contribution in [2.24, 2.45) is 4.99 Å². The van der Waals surface area contributed by atoms with E-state index in [0.717, 1.165) is 44.1 Å². The van der Waals surface area contributed by atoms with Crippen LogP contribution in [0.3, 0.4) is 0 Å². The van der Waals surface area contributed by atoms with Crippen LogP contribution in [0.2, 0.25) is 0 Å². The van der Waals surface area contributed by atoms with Gasteiger partial charge in [-0.05, 0) is 39.2 Å². The number of hydrogen-bond donors (Lipinski definition) is 2. The monoisotopic (exact) mass is 322 g/mol. The average molecular weight is 322 g/mol. The number of nitrogens with zero attached hydrogens (tertiary/aromatic N) is 2. The fourth-order valence-electron chi connectivity index (χ4n) is 1.91. The molecule has 0 aromatic carbocycles. The van der Waals surface area contributed by atoms with E-state index in [-0.39, 0.29) is 6.10 Å². The van der Waals surface area contributed by atoms with Gasteiger partial charge in [0.1, 0.15) is 0 Å². The maximum atomic E-state index is 5.53. The SMILES string of the molecule is CCOCCCCNC(=NC)NCc1ccc(OC(C)C)nc1. The van der Waals surface area contributed by atoms with Crippen molar-refractivity contribution in [3.05, 3.63) is 23.9 Å². The van der Waals surface area contributed by atoms with Crippen LogP contribution in [-0.2, 0) is 11.3 Å². The van der Waals surface area contributed by atoms with Crippen molar-refractivity contribution in [2.75, 3.05) is 26.8 Å².